The molecule has 0 aromatic heterocycles. The van der Waals surface area contributed by atoms with Crippen LogP contribution in [0.1, 0.15) is 36.0 Å². The Morgan fingerprint density at radius 3 is 2.29 bits per heavy atom. The lowest BCUT2D eigenvalue weighted by molar-refractivity contribution is 0.572. The highest BCUT2D eigenvalue weighted by Gasteiger charge is 2.28. The zero-order chi connectivity index (χ0) is 12.6. The Kier molecular flexibility index (Phi) is 3.43. The van der Waals surface area contributed by atoms with Gasteiger partial charge in [0.15, 0.2) is 0 Å². The number of anilines is 1. The summed E-state index contributed by atoms with van der Waals surface area (Å²) < 4.78 is 0. The molecule has 0 saturated heterocycles. The molecular weight excluding hydrogens is 208 g/mol. The summed E-state index contributed by atoms with van der Waals surface area (Å²) >= 11 is 0. The Balaban J connectivity index is 2.30. The predicted octanol–water partition coefficient (Wildman–Crippen LogP) is 2.93. The van der Waals surface area contributed by atoms with Gasteiger partial charge in [-0.2, -0.15) is 0 Å². The Bertz CT molecular complexity index is 412. The minimum absolute atomic E-state index is 0.334. The van der Waals surface area contributed by atoms with Gasteiger partial charge in [0.1, 0.15) is 0 Å². The second-order valence-corrected chi connectivity index (χ2v) is 5.50. The molecule has 2 atom stereocenters. The van der Waals surface area contributed by atoms with Crippen LogP contribution in [0.2, 0.25) is 0 Å². The summed E-state index contributed by atoms with van der Waals surface area (Å²) in [7, 11) is 2.19. The van der Waals surface area contributed by atoms with Gasteiger partial charge in [0.2, 0.25) is 0 Å². The van der Waals surface area contributed by atoms with Crippen molar-refractivity contribution in [3.8, 4) is 0 Å². The van der Waals surface area contributed by atoms with Crippen LogP contribution in [0.15, 0.2) is 12.1 Å². The fraction of sp³-hybridized carbons (Fsp3) is 0.600. The number of aryl methyl sites for hydroxylation is 3. The summed E-state index contributed by atoms with van der Waals surface area (Å²) in [6.45, 7) is 6.55. The molecule has 1 saturated carbocycles. The first-order valence-corrected chi connectivity index (χ1v) is 6.57. The van der Waals surface area contributed by atoms with Gasteiger partial charge >= 0.3 is 0 Å². The monoisotopic (exact) mass is 232 g/mol. The van der Waals surface area contributed by atoms with Gasteiger partial charge in [-0.3, -0.25) is 0 Å². The number of rotatable bonds is 2. The Morgan fingerprint density at radius 2 is 1.71 bits per heavy atom. The number of hydrogen-bond donors (Lipinski definition) is 1. The van der Waals surface area contributed by atoms with Gasteiger partial charge in [-0.05, 0) is 62.8 Å². The minimum Gasteiger partial charge on any atom is -0.370 e. The van der Waals surface area contributed by atoms with Gasteiger partial charge in [0.25, 0.3) is 0 Å². The quantitative estimate of drug-likeness (QED) is 0.849. The maximum Gasteiger partial charge on any atom is 0.0437 e. The van der Waals surface area contributed by atoms with Crippen LogP contribution in [-0.4, -0.2) is 19.1 Å². The fourth-order valence-corrected chi connectivity index (χ4v) is 2.95. The van der Waals surface area contributed by atoms with E-state index >= 15 is 0 Å². The third-order valence-corrected chi connectivity index (χ3v) is 4.22. The van der Waals surface area contributed by atoms with Crippen molar-refractivity contribution in [1.82, 2.24) is 0 Å². The zero-order valence-electron chi connectivity index (χ0n) is 11.5. The van der Waals surface area contributed by atoms with E-state index in [4.69, 9.17) is 5.73 Å². The van der Waals surface area contributed by atoms with Crippen LogP contribution >= 0.6 is 0 Å². The molecule has 1 fully saturated rings. The lowest BCUT2D eigenvalue weighted by atomic mass is 10.0. The topological polar surface area (TPSA) is 29.3 Å². The molecule has 17 heavy (non-hydrogen) atoms. The number of nitrogens with zero attached hydrogens (tertiary/aromatic N) is 1. The summed E-state index contributed by atoms with van der Waals surface area (Å²) in [4.78, 5) is 2.39. The summed E-state index contributed by atoms with van der Waals surface area (Å²) in [5.74, 6) is 0. The van der Waals surface area contributed by atoms with Crippen molar-refractivity contribution in [3.05, 3.63) is 28.8 Å². The summed E-state index contributed by atoms with van der Waals surface area (Å²) in [6.07, 6.45) is 3.66. The van der Waals surface area contributed by atoms with Gasteiger partial charge in [-0.1, -0.05) is 6.07 Å². The molecule has 1 aliphatic rings. The highest BCUT2D eigenvalue weighted by atomic mass is 15.2. The number of benzene rings is 1. The molecule has 0 radical (unpaired) electrons. The zero-order valence-corrected chi connectivity index (χ0v) is 11.5. The largest absolute Gasteiger partial charge is 0.370 e. The first kappa shape index (κ1) is 12.4. The van der Waals surface area contributed by atoms with E-state index < -0.39 is 0 Å². The van der Waals surface area contributed by atoms with E-state index in [0.29, 0.717) is 12.1 Å². The molecule has 2 nitrogen and oxygen atoms in total. The van der Waals surface area contributed by atoms with Crippen molar-refractivity contribution in [3.63, 3.8) is 0 Å². The van der Waals surface area contributed by atoms with Crippen molar-refractivity contribution in [2.45, 2.75) is 52.1 Å². The van der Waals surface area contributed by atoms with Crippen LogP contribution in [-0.2, 0) is 0 Å². The molecule has 2 N–H and O–H groups in total. The molecule has 1 aliphatic carbocycles. The second kappa shape index (κ2) is 4.69. The summed E-state index contributed by atoms with van der Waals surface area (Å²) in [6, 6.07) is 5.42. The SMILES string of the molecule is Cc1cc(C)c(N(C)C2CCCC2N)cc1C. The smallest absolute Gasteiger partial charge is 0.0437 e. The Labute approximate surface area is 105 Å². The maximum absolute atomic E-state index is 6.19. The highest BCUT2D eigenvalue weighted by Crippen LogP contribution is 2.30. The van der Waals surface area contributed by atoms with Gasteiger partial charge in [0.05, 0.1) is 0 Å². The van der Waals surface area contributed by atoms with E-state index in [9.17, 15) is 0 Å². The lowest BCUT2D eigenvalue weighted by Gasteiger charge is -2.31. The molecule has 1 aromatic rings. The van der Waals surface area contributed by atoms with E-state index in [0.717, 1.165) is 0 Å². The molecule has 94 valence electrons. The number of likely N-dealkylation sites (N-methyl/N-ethyl adjacent to an activating group) is 1. The van der Waals surface area contributed by atoms with Crippen LogP contribution in [0.5, 0.6) is 0 Å². The van der Waals surface area contributed by atoms with E-state index in [2.05, 4.69) is 44.9 Å². The molecule has 0 heterocycles. The van der Waals surface area contributed by atoms with Gasteiger partial charge in [0, 0.05) is 24.8 Å². The number of hydrogen-bond acceptors (Lipinski definition) is 2. The predicted molar refractivity (Wildman–Crippen MR) is 74.7 cm³/mol. The standard InChI is InChI=1S/C15H24N2/c1-10-8-12(3)15(9-11(10)2)17(4)14-7-5-6-13(14)16/h8-9,13-14H,5-7,16H2,1-4H3. The normalized spacial score (nSPS) is 24.1. The molecule has 0 bridgehead atoms. The summed E-state index contributed by atoms with van der Waals surface area (Å²) in [5, 5.41) is 0. The minimum atomic E-state index is 0.334. The third kappa shape index (κ3) is 2.32. The first-order valence-electron chi connectivity index (χ1n) is 6.57. The third-order valence-electron chi connectivity index (χ3n) is 4.22. The van der Waals surface area contributed by atoms with Crippen LogP contribution < -0.4 is 10.6 Å². The van der Waals surface area contributed by atoms with Crippen LogP contribution in [0.4, 0.5) is 5.69 Å². The molecular formula is C15H24N2. The molecule has 0 aliphatic heterocycles. The Hall–Kier alpha value is -1.02. The van der Waals surface area contributed by atoms with Crippen molar-refractivity contribution < 1.29 is 0 Å². The molecule has 2 rings (SSSR count). The molecule has 2 unspecified atom stereocenters. The second-order valence-electron chi connectivity index (χ2n) is 5.50. The summed E-state index contributed by atoms with van der Waals surface area (Å²) in [5.41, 5.74) is 11.6. The van der Waals surface area contributed by atoms with Crippen LogP contribution in [0.25, 0.3) is 0 Å². The van der Waals surface area contributed by atoms with Crippen LogP contribution in [0.3, 0.4) is 0 Å². The van der Waals surface area contributed by atoms with Crippen molar-refractivity contribution >= 4 is 5.69 Å². The molecule has 0 spiro atoms. The molecule has 2 heteroatoms. The van der Waals surface area contributed by atoms with E-state index in [1.807, 2.05) is 0 Å². The van der Waals surface area contributed by atoms with Gasteiger partial charge in [-0.15, -0.1) is 0 Å². The van der Waals surface area contributed by atoms with Gasteiger partial charge in [-0.25, -0.2) is 0 Å². The lowest BCUT2D eigenvalue weighted by Crippen LogP contribution is -2.42. The van der Waals surface area contributed by atoms with Crippen molar-refractivity contribution in [1.29, 1.82) is 0 Å². The maximum atomic E-state index is 6.19. The van der Waals surface area contributed by atoms with Crippen molar-refractivity contribution in [2.24, 2.45) is 5.73 Å². The fourth-order valence-electron chi connectivity index (χ4n) is 2.95. The Morgan fingerprint density at radius 1 is 1.06 bits per heavy atom. The van der Waals surface area contributed by atoms with E-state index in [1.54, 1.807) is 0 Å². The number of nitrogens with two attached hydrogens (primary N) is 1. The van der Waals surface area contributed by atoms with Gasteiger partial charge < -0.3 is 10.6 Å². The van der Waals surface area contributed by atoms with E-state index in [-0.39, 0.29) is 0 Å². The molecule has 1 aromatic carbocycles. The average molecular weight is 232 g/mol. The molecule has 0 amide bonds. The van der Waals surface area contributed by atoms with Crippen LogP contribution in [0, 0.1) is 20.8 Å². The van der Waals surface area contributed by atoms with E-state index in [1.165, 1.54) is 41.6 Å². The highest BCUT2D eigenvalue weighted by molar-refractivity contribution is 5.57. The van der Waals surface area contributed by atoms with Crippen molar-refractivity contribution in [2.75, 3.05) is 11.9 Å². The first-order chi connectivity index (χ1) is 8.00. The average Bonchev–Trinajstić information content (AvgIpc) is 2.69.